The van der Waals surface area contributed by atoms with Gasteiger partial charge in [-0.3, -0.25) is 0 Å². The number of rotatable bonds is 2. The summed E-state index contributed by atoms with van der Waals surface area (Å²) in [6.07, 6.45) is -5.55. The van der Waals surface area contributed by atoms with Gasteiger partial charge in [0.1, 0.15) is 6.10 Å². The number of aryl methyl sites for hydroxylation is 1. The molecule has 0 aliphatic carbocycles. The molecule has 3 nitrogen and oxygen atoms in total. The van der Waals surface area contributed by atoms with Crippen molar-refractivity contribution in [2.45, 2.75) is 19.2 Å². The molecule has 0 spiro atoms. The maximum Gasteiger partial charge on any atom is 0.416 e. The predicted octanol–water partition coefficient (Wildman–Crippen LogP) is 2.95. The summed E-state index contributed by atoms with van der Waals surface area (Å²) in [5.74, 6) is 0. The Kier molecular flexibility index (Phi) is 3.36. The van der Waals surface area contributed by atoms with Crippen molar-refractivity contribution in [2.24, 2.45) is 0 Å². The fourth-order valence-corrected chi connectivity index (χ4v) is 2.19. The predicted molar refractivity (Wildman–Crippen MR) is 60.2 cm³/mol. The van der Waals surface area contributed by atoms with Crippen molar-refractivity contribution in [2.75, 3.05) is 0 Å². The lowest BCUT2D eigenvalue weighted by molar-refractivity contribution is -0.137. The molecule has 1 unspecified atom stereocenters. The molecular formula is C11H9F3N2OS. The maximum atomic E-state index is 12.5. The van der Waals surface area contributed by atoms with Crippen molar-refractivity contribution in [1.82, 2.24) is 9.59 Å². The van der Waals surface area contributed by atoms with Gasteiger partial charge in [-0.05, 0) is 36.2 Å². The molecule has 2 rings (SSSR count). The third-order valence-corrected chi connectivity index (χ3v) is 3.34. The summed E-state index contributed by atoms with van der Waals surface area (Å²) in [4.78, 5) is 0.453. The Balaban J connectivity index is 2.38. The summed E-state index contributed by atoms with van der Waals surface area (Å²) in [5, 5.41) is 13.7. The third-order valence-electron chi connectivity index (χ3n) is 2.46. The van der Waals surface area contributed by atoms with Gasteiger partial charge in [0, 0.05) is 0 Å². The van der Waals surface area contributed by atoms with Crippen molar-refractivity contribution in [1.29, 1.82) is 0 Å². The number of halogens is 3. The second-order valence-electron chi connectivity index (χ2n) is 3.75. The number of aliphatic hydroxyl groups is 1. The highest BCUT2D eigenvalue weighted by Gasteiger charge is 2.31. The van der Waals surface area contributed by atoms with Gasteiger partial charge in [-0.1, -0.05) is 16.6 Å². The van der Waals surface area contributed by atoms with Crippen LogP contribution in [0.15, 0.2) is 24.3 Å². The maximum absolute atomic E-state index is 12.5. The average molecular weight is 274 g/mol. The number of benzene rings is 1. The summed E-state index contributed by atoms with van der Waals surface area (Å²) in [6.45, 7) is 1.65. The number of nitrogens with zero attached hydrogens (tertiary/aromatic N) is 2. The van der Waals surface area contributed by atoms with E-state index in [1.54, 1.807) is 6.92 Å². The minimum absolute atomic E-state index is 0.180. The summed E-state index contributed by atoms with van der Waals surface area (Å²) in [6, 6.07) is 4.61. The smallest absolute Gasteiger partial charge is 0.383 e. The molecule has 1 aromatic carbocycles. The number of alkyl halides is 3. The second kappa shape index (κ2) is 4.66. The zero-order chi connectivity index (χ0) is 13.3. The van der Waals surface area contributed by atoms with Crippen molar-refractivity contribution in [3.05, 3.63) is 46.0 Å². The molecule has 0 radical (unpaired) electrons. The molecule has 1 aromatic heterocycles. The molecule has 1 heterocycles. The van der Waals surface area contributed by atoms with Crippen molar-refractivity contribution < 1.29 is 18.3 Å². The van der Waals surface area contributed by atoms with E-state index < -0.39 is 17.8 Å². The van der Waals surface area contributed by atoms with E-state index in [2.05, 4.69) is 9.59 Å². The summed E-state index contributed by atoms with van der Waals surface area (Å²) >= 11 is 0.973. The molecule has 0 amide bonds. The minimum Gasteiger partial charge on any atom is -0.383 e. The van der Waals surface area contributed by atoms with Crippen molar-refractivity contribution in [3.63, 3.8) is 0 Å². The highest BCUT2D eigenvalue weighted by Crippen LogP contribution is 2.33. The lowest BCUT2D eigenvalue weighted by atomic mass is 10.0. The quantitative estimate of drug-likeness (QED) is 0.915. The van der Waals surface area contributed by atoms with Crippen LogP contribution in [0.1, 0.15) is 27.8 Å². The summed E-state index contributed by atoms with van der Waals surface area (Å²) in [5.41, 5.74) is -0.0851. The molecule has 7 heteroatoms. The Morgan fingerprint density at radius 3 is 2.61 bits per heavy atom. The van der Waals surface area contributed by atoms with Gasteiger partial charge in [0.25, 0.3) is 0 Å². The van der Waals surface area contributed by atoms with Crippen LogP contribution in [0.3, 0.4) is 0 Å². The first kappa shape index (κ1) is 13.0. The number of hydrogen-bond acceptors (Lipinski definition) is 4. The molecule has 1 N–H and O–H groups in total. The minimum atomic E-state index is -4.42. The monoisotopic (exact) mass is 274 g/mol. The molecule has 0 aliphatic heterocycles. The van der Waals surface area contributed by atoms with Gasteiger partial charge >= 0.3 is 6.18 Å². The normalized spacial score (nSPS) is 13.6. The molecule has 0 saturated carbocycles. The number of aromatic nitrogens is 2. The van der Waals surface area contributed by atoms with Gasteiger partial charge in [-0.15, -0.1) is 5.10 Å². The van der Waals surface area contributed by atoms with Gasteiger partial charge in [-0.2, -0.15) is 13.2 Å². The van der Waals surface area contributed by atoms with Crippen LogP contribution in [0.4, 0.5) is 13.2 Å². The molecule has 0 bridgehead atoms. The fraction of sp³-hybridized carbons (Fsp3) is 0.273. The first-order valence-corrected chi connectivity index (χ1v) is 5.81. The Bertz CT molecular complexity index is 553. The second-order valence-corrected chi connectivity index (χ2v) is 4.53. The van der Waals surface area contributed by atoms with Crippen LogP contribution < -0.4 is 0 Å². The summed E-state index contributed by atoms with van der Waals surface area (Å²) in [7, 11) is 0. The molecule has 0 fully saturated rings. The van der Waals surface area contributed by atoms with Crippen LogP contribution in [0.2, 0.25) is 0 Å². The van der Waals surface area contributed by atoms with Crippen LogP contribution in [-0.2, 0) is 6.18 Å². The number of hydrogen-bond donors (Lipinski definition) is 1. The van der Waals surface area contributed by atoms with Crippen LogP contribution >= 0.6 is 11.5 Å². The van der Waals surface area contributed by atoms with Gasteiger partial charge in [0.15, 0.2) is 0 Å². The highest BCUT2D eigenvalue weighted by molar-refractivity contribution is 7.05. The first-order chi connectivity index (χ1) is 8.39. The molecule has 1 atom stereocenters. The first-order valence-electron chi connectivity index (χ1n) is 5.03. The lowest BCUT2D eigenvalue weighted by Gasteiger charge is -2.12. The van der Waals surface area contributed by atoms with E-state index in [1.807, 2.05) is 0 Å². The van der Waals surface area contributed by atoms with E-state index in [4.69, 9.17) is 0 Å². The zero-order valence-electron chi connectivity index (χ0n) is 9.27. The Hall–Kier alpha value is -1.47. The largest absolute Gasteiger partial charge is 0.416 e. The van der Waals surface area contributed by atoms with E-state index >= 15 is 0 Å². The van der Waals surface area contributed by atoms with Gasteiger partial charge < -0.3 is 5.11 Å². The van der Waals surface area contributed by atoms with E-state index in [0.29, 0.717) is 10.6 Å². The highest BCUT2D eigenvalue weighted by atomic mass is 32.1. The van der Waals surface area contributed by atoms with Crippen molar-refractivity contribution >= 4 is 11.5 Å². The molecule has 2 aromatic rings. The van der Waals surface area contributed by atoms with Crippen LogP contribution in [-0.4, -0.2) is 14.7 Å². The molecular weight excluding hydrogens is 265 g/mol. The van der Waals surface area contributed by atoms with E-state index in [-0.39, 0.29) is 5.56 Å². The van der Waals surface area contributed by atoms with Crippen LogP contribution in [0, 0.1) is 6.92 Å². The Morgan fingerprint density at radius 1 is 1.33 bits per heavy atom. The summed E-state index contributed by atoms with van der Waals surface area (Å²) < 4.78 is 41.3. The Labute approximate surface area is 105 Å². The molecule has 96 valence electrons. The lowest BCUT2D eigenvalue weighted by Crippen LogP contribution is -2.07. The van der Waals surface area contributed by atoms with Gasteiger partial charge in [0.2, 0.25) is 0 Å². The number of aliphatic hydroxyl groups excluding tert-OH is 1. The standard InChI is InChI=1S/C11H9F3N2OS/c1-6-10(18-16-15-6)9(17)7-3-2-4-8(5-7)11(12,13)14/h2-5,9,17H,1H3. The van der Waals surface area contributed by atoms with Crippen molar-refractivity contribution in [3.8, 4) is 0 Å². The fourth-order valence-electron chi connectivity index (χ4n) is 1.53. The van der Waals surface area contributed by atoms with Crippen LogP contribution in [0.25, 0.3) is 0 Å². The van der Waals surface area contributed by atoms with Crippen LogP contribution in [0.5, 0.6) is 0 Å². The topological polar surface area (TPSA) is 46.0 Å². The Morgan fingerprint density at radius 2 is 2.06 bits per heavy atom. The molecule has 0 saturated heterocycles. The molecule has 18 heavy (non-hydrogen) atoms. The third kappa shape index (κ3) is 2.51. The van der Waals surface area contributed by atoms with E-state index in [0.717, 1.165) is 23.7 Å². The molecule has 0 aliphatic rings. The average Bonchev–Trinajstić information content (AvgIpc) is 2.73. The SMILES string of the molecule is Cc1nnsc1C(O)c1cccc(C(F)(F)F)c1. The van der Waals surface area contributed by atoms with Gasteiger partial charge in [-0.25, -0.2) is 0 Å². The zero-order valence-corrected chi connectivity index (χ0v) is 10.1. The van der Waals surface area contributed by atoms with E-state index in [9.17, 15) is 18.3 Å². The van der Waals surface area contributed by atoms with E-state index in [1.165, 1.54) is 12.1 Å². The van der Waals surface area contributed by atoms with Gasteiger partial charge in [0.05, 0.1) is 16.1 Å².